The summed E-state index contributed by atoms with van der Waals surface area (Å²) in [5.74, 6) is -3.34. The Kier molecular flexibility index (Phi) is 10.7. The van der Waals surface area contributed by atoms with Crippen molar-refractivity contribution in [3.8, 4) is 5.75 Å². The lowest BCUT2D eigenvalue weighted by molar-refractivity contribution is -0.385. The van der Waals surface area contributed by atoms with E-state index in [2.05, 4.69) is 18.1 Å². The van der Waals surface area contributed by atoms with E-state index in [-0.39, 0.29) is 5.69 Å². The van der Waals surface area contributed by atoms with Crippen LogP contribution >= 0.6 is 0 Å². The normalized spacial score (nSPS) is 9.62. The number of benzene rings is 1. The summed E-state index contributed by atoms with van der Waals surface area (Å²) in [6, 6.07) is 4.85. The Hall–Kier alpha value is -3.20. The molecule has 26 heavy (non-hydrogen) atoms. The molecule has 0 aliphatic rings. The average molecular weight is 366 g/mol. The molecule has 0 saturated carbocycles. The van der Waals surface area contributed by atoms with Gasteiger partial charge < -0.3 is 14.9 Å². The summed E-state index contributed by atoms with van der Waals surface area (Å²) in [5.41, 5.74) is 0.925. The number of aryl methyl sites for hydroxylation is 1. The van der Waals surface area contributed by atoms with Crippen LogP contribution in [0.2, 0.25) is 0 Å². The van der Waals surface area contributed by atoms with Gasteiger partial charge in [-0.1, -0.05) is 18.2 Å². The van der Waals surface area contributed by atoms with Crippen LogP contribution in [-0.2, 0) is 9.59 Å². The van der Waals surface area contributed by atoms with E-state index >= 15 is 0 Å². The van der Waals surface area contributed by atoms with Crippen LogP contribution < -0.4 is 4.74 Å². The number of hydrogen-bond donors (Lipinski definition) is 2. The number of carbonyl (C=O) groups is 2. The zero-order valence-corrected chi connectivity index (χ0v) is 14.5. The summed E-state index contributed by atoms with van der Waals surface area (Å²) in [4.78, 5) is 30.8. The largest absolute Gasteiger partial charge is 0.485 e. The second-order valence-electron chi connectivity index (χ2n) is 5.02. The fraction of sp³-hybridized carbons (Fsp3) is 0.294. The van der Waals surface area contributed by atoms with Gasteiger partial charge in [0, 0.05) is 25.7 Å². The summed E-state index contributed by atoms with van der Waals surface area (Å²) >= 11 is 0. The van der Waals surface area contributed by atoms with Crippen molar-refractivity contribution in [2.75, 3.05) is 26.2 Å². The first kappa shape index (κ1) is 22.8. The number of rotatable bonds is 9. The molecule has 0 radical (unpaired) electrons. The molecule has 0 bridgehead atoms. The third kappa shape index (κ3) is 9.18. The molecule has 0 aliphatic carbocycles. The Bertz CT molecular complexity index is 637. The van der Waals surface area contributed by atoms with E-state index in [1.807, 2.05) is 6.92 Å². The van der Waals surface area contributed by atoms with Gasteiger partial charge in [0.1, 0.15) is 6.61 Å². The maximum atomic E-state index is 10.9. The van der Waals surface area contributed by atoms with Crippen molar-refractivity contribution >= 4 is 17.6 Å². The van der Waals surface area contributed by atoms with E-state index in [0.29, 0.717) is 18.9 Å². The zero-order chi connectivity index (χ0) is 20.1. The van der Waals surface area contributed by atoms with Crippen molar-refractivity contribution in [1.82, 2.24) is 4.90 Å². The number of ether oxygens (including phenoxy) is 1. The van der Waals surface area contributed by atoms with Gasteiger partial charge in [-0.05, 0) is 18.6 Å². The van der Waals surface area contributed by atoms with Gasteiger partial charge in [-0.15, -0.1) is 13.2 Å². The molecule has 2 N–H and O–H groups in total. The van der Waals surface area contributed by atoms with Gasteiger partial charge in [-0.3, -0.25) is 15.0 Å². The lowest BCUT2D eigenvalue weighted by Gasteiger charge is -2.18. The smallest absolute Gasteiger partial charge is 0.414 e. The molecule has 1 aromatic carbocycles. The van der Waals surface area contributed by atoms with Crippen molar-refractivity contribution < 1.29 is 29.5 Å². The summed E-state index contributed by atoms with van der Waals surface area (Å²) in [7, 11) is 0. The predicted octanol–water partition coefficient (Wildman–Crippen LogP) is 2.11. The summed E-state index contributed by atoms with van der Waals surface area (Å²) < 4.78 is 5.55. The van der Waals surface area contributed by atoms with Crippen LogP contribution in [0.15, 0.2) is 43.5 Å². The summed E-state index contributed by atoms with van der Waals surface area (Å²) in [6.45, 7) is 11.7. The van der Waals surface area contributed by atoms with Gasteiger partial charge >= 0.3 is 17.6 Å². The molecule has 0 fully saturated rings. The number of hydrogen-bond acceptors (Lipinski definition) is 6. The summed E-state index contributed by atoms with van der Waals surface area (Å²) in [5, 5.41) is 25.7. The van der Waals surface area contributed by atoms with Crippen LogP contribution in [0.3, 0.4) is 0 Å². The van der Waals surface area contributed by atoms with Gasteiger partial charge in [0.15, 0.2) is 5.75 Å². The highest BCUT2D eigenvalue weighted by Crippen LogP contribution is 2.27. The van der Waals surface area contributed by atoms with Crippen molar-refractivity contribution in [2.45, 2.75) is 6.92 Å². The number of nitro groups is 1. The molecule has 0 heterocycles. The summed E-state index contributed by atoms with van der Waals surface area (Å²) in [6.07, 6.45) is 3.61. The van der Waals surface area contributed by atoms with Crippen LogP contribution in [0.4, 0.5) is 5.69 Å². The van der Waals surface area contributed by atoms with Gasteiger partial charge in [0.2, 0.25) is 0 Å². The van der Waals surface area contributed by atoms with E-state index in [1.54, 1.807) is 24.3 Å². The second-order valence-corrected chi connectivity index (χ2v) is 5.02. The van der Waals surface area contributed by atoms with E-state index in [9.17, 15) is 10.1 Å². The van der Waals surface area contributed by atoms with Crippen LogP contribution in [-0.4, -0.2) is 58.2 Å². The first-order valence-corrected chi connectivity index (χ1v) is 7.51. The fourth-order valence-electron chi connectivity index (χ4n) is 1.79. The first-order chi connectivity index (χ1) is 12.2. The molecular weight excluding hydrogens is 344 g/mol. The van der Waals surface area contributed by atoms with Crippen molar-refractivity contribution in [3.05, 3.63) is 59.2 Å². The predicted molar refractivity (Wildman–Crippen MR) is 95.4 cm³/mol. The van der Waals surface area contributed by atoms with Gasteiger partial charge in [-0.2, -0.15) is 0 Å². The third-order valence-electron chi connectivity index (χ3n) is 2.93. The lowest BCUT2D eigenvalue weighted by Crippen LogP contribution is -2.28. The SMILES string of the molecule is C=CCN(CC=C)CCOc1cc(C)ccc1[N+](=O)[O-].O=C(O)C(=O)O. The molecule has 0 spiro atoms. The Balaban J connectivity index is 0.000000896. The molecule has 0 aromatic heterocycles. The zero-order valence-electron chi connectivity index (χ0n) is 14.5. The third-order valence-corrected chi connectivity index (χ3v) is 2.93. The maximum absolute atomic E-state index is 10.9. The van der Waals surface area contributed by atoms with Crippen molar-refractivity contribution in [3.63, 3.8) is 0 Å². The number of carboxylic acids is 2. The molecule has 0 atom stereocenters. The van der Waals surface area contributed by atoms with Gasteiger partial charge in [0.05, 0.1) is 4.92 Å². The first-order valence-electron chi connectivity index (χ1n) is 7.51. The number of nitro benzene ring substituents is 1. The lowest BCUT2D eigenvalue weighted by atomic mass is 10.2. The molecule has 0 aliphatic heterocycles. The molecule has 9 nitrogen and oxygen atoms in total. The van der Waals surface area contributed by atoms with Crippen molar-refractivity contribution in [2.24, 2.45) is 0 Å². The number of nitrogens with zero attached hydrogens (tertiary/aromatic N) is 2. The molecule has 0 unspecified atom stereocenters. The molecular formula is C17H22N2O7. The highest BCUT2D eigenvalue weighted by Gasteiger charge is 2.15. The molecule has 142 valence electrons. The average Bonchev–Trinajstić information content (AvgIpc) is 2.55. The quantitative estimate of drug-likeness (QED) is 0.294. The Morgan fingerprint density at radius 2 is 1.77 bits per heavy atom. The highest BCUT2D eigenvalue weighted by atomic mass is 16.6. The Morgan fingerprint density at radius 3 is 2.19 bits per heavy atom. The maximum Gasteiger partial charge on any atom is 0.414 e. The van der Waals surface area contributed by atoms with Crippen LogP contribution in [0.25, 0.3) is 0 Å². The molecule has 1 aromatic rings. The van der Waals surface area contributed by atoms with E-state index < -0.39 is 16.9 Å². The van der Waals surface area contributed by atoms with E-state index in [0.717, 1.165) is 18.7 Å². The van der Waals surface area contributed by atoms with Crippen LogP contribution in [0.5, 0.6) is 5.75 Å². The topological polar surface area (TPSA) is 130 Å². The van der Waals surface area contributed by atoms with Crippen LogP contribution in [0, 0.1) is 17.0 Å². The monoisotopic (exact) mass is 366 g/mol. The minimum atomic E-state index is -1.82. The van der Waals surface area contributed by atoms with E-state index in [4.69, 9.17) is 24.5 Å². The minimum absolute atomic E-state index is 0.00501. The van der Waals surface area contributed by atoms with Crippen LogP contribution in [0.1, 0.15) is 5.56 Å². The highest BCUT2D eigenvalue weighted by molar-refractivity contribution is 6.27. The van der Waals surface area contributed by atoms with Gasteiger partial charge in [0.25, 0.3) is 0 Å². The van der Waals surface area contributed by atoms with E-state index in [1.165, 1.54) is 6.07 Å². The fourth-order valence-corrected chi connectivity index (χ4v) is 1.79. The Morgan fingerprint density at radius 1 is 1.23 bits per heavy atom. The molecule has 1 rings (SSSR count). The van der Waals surface area contributed by atoms with Gasteiger partial charge in [-0.25, -0.2) is 9.59 Å². The molecule has 0 amide bonds. The number of aliphatic carboxylic acids is 2. The molecule has 9 heteroatoms. The number of carboxylic acid groups (broad SMARTS) is 2. The molecule has 0 saturated heterocycles. The van der Waals surface area contributed by atoms with Crippen molar-refractivity contribution in [1.29, 1.82) is 0 Å². The Labute approximate surface area is 151 Å². The second kappa shape index (κ2) is 12.2. The minimum Gasteiger partial charge on any atom is -0.485 e. The standard InChI is InChI=1S/C15H20N2O3.C2H2O4/c1-4-8-16(9-5-2)10-11-20-15-12-13(3)6-7-14(15)17(18)19;3-1(4)2(5)6/h4-7,12H,1-2,8-11H2,3H3;(H,3,4)(H,5,6).